The fourth-order valence-corrected chi connectivity index (χ4v) is 1.80. The van der Waals surface area contributed by atoms with E-state index in [0.29, 0.717) is 5.69 Å². The molecular formula is C12H15N5O. The van der Waals surface area contributed by atoms with Crippen LogP contribution in [0, 0.1) is 0 Å². The molecule has 2 aromatic rings. The van der Waals surface area contributed by atoms with Crippen molar-refractivity contribution >= 4 is 5.84 Å². The van der Waals surface area contributed by atoms with Gasteiger partial charge in [0.25, 0.3) is 0 Å². The molecule has 0 spiro atoms. The number of aromatic nitrogens is 3. The van der Waals surface area contributed by atoms with E-state index in [0.717, 1.165) is 24.4 Å². The largest absolute Gasteiger partial charge is 0.409 e. The average Bonchev–Trinajstić information content (AvgIpc) is 2.86. The lowest BCUT2D eigenvalue weighted by molar-refractivity contribution is 0.318. The van der Waals surface area contributed by atoms with Crippen molar-refractivity contribution in [3.8, 4) is 5.69 Å². The molecule has 94 valence electrons. The number of amidine groups is 1. The molecule has 0 unspecified atom stereocenters. The smallest absolute Gasteiger partial charge is 0.190 e. The standard InChI is InChI=1S/C12H15N5O/c1-2-4-10-14-7-8-17(10)9-5-3-6-15-11(9)12(13)16-18/h3,5-8,18H,2,4H2,1H3,(H2,13,16). The van der Waals surface area contributed by atoms with Gasteiger partial charge in [0.1, 0.15) is 11.5 Å². The first-order valence-corrected chi connectivity index (χ1v) is 5.73. The minimum absolute atomic E-state index is 0.0123. The number of nitrogens with two attached hydrogens (primary N) is 1. The van der Waals surface area contributed by atoms with Crippen molar-refractivity contribution < 1.29 is 5.21 Å². The molecule has 0 bridgehead atoms. The lowest BCUT2D eigenvalue weighted by Gasteiger charge is -2.10. The van der Waals surface area contributed by atoms with E-state index in [-0.39, 0.29) is 5.84 Å². The summed E-state index contributed by atoms with van der Waals surface area (Å²) < 4.78 is 1.91. The van der Waals surface area contributed by atoms with Crippen LogP contribution in [-0.2, 0) is 6.42 Å². The van der Waals surface area contributed by atoms with Gasteiger partial charge in [0.05, 0.1) is 5.69 Å². The van der Waals surface area contributed by atoms with Crippen LogP contribution in [-0.4, -0.2) is 25.6 Å². The van der Waals surface area contributed by atoms with Crippen LogP contribution in [0.4, 0.5) is 0 Å². The highest BCUT2D eigenvalue weighted by atomic mass is 16.4. The summed E-state index contributed by atoms with van der Waals surface area (Å²) in [5.74, 6) is 0.916. The van der Waals surface area contributed by atoms with E-state index in [2.05, 4.69) is 22.0 Å². The molecule has 6 heteroatoms. The minimum Gasteiger partial charge on any atom is -0.409 e. The van der Waals surface area contributed by atoms with Crippen LogP contribution >= 0.6 is 0 Å². The monoisotopic (exact) mass is 245 g/mol. The highest BCUT2D eigenvalue weighted by Gasteiger charge is 2.12. The average molecular weight is 245 g/mol. The highest BCUT2D eigenvalue weighted by molar-refractivity contribution is 5.98. The van der Waals surface area contributed by atoms with E-state index >= 15 is 0 Å². The number of pyridine rings is 1. The first-order chi connectivity index (χ1) is 8.77. The zero-order chi connectivity index (χ0) is 13.0. The molecule has 18 heavy (non-hydrogen) atoms. The molecule has 0 aromatic carbocycles. The summed E-state index contributed by atoms with van der Waals surface area (Å²) in [6.45, 7) is 2.09. The predicted molar refractivity (Wildman–Crippen MR) is 67.9 cm³/mol. The van der Waals surface area contributed by atoms with Crippen LogP contribution < -0.4 is 5.73 Å². The van der Waals surface area contributed by atoms with Crippen LogP contribution in [0.5, 0.6) is 0 Å². The summed E-state index contributed by atoms with van der Waals surface area (Å²) in [4.78, 5) is 8.44. The molecule has 3 N–H and O–H groups in total. The van der Waals surface area contributed by atoms with Gasteiger partial charge in [-0.05, 0) is 18.6 Å². The Balaban J connectivity index is 2.53. The van der Waals surface area contributed by atoms with Gasteiger partial charge in [0.15, 0.2) is 5.84 Å². The normalized spacial score (nSPS) is 11.7. The Morgan fingerprint density at radius 3 is 3.00 bits per heavy atom. The third-order valence-electron chi connectivity index (χ3n) is 2.59. The van der Waals surface area contributed by atoms with Gasteiger partial charge in [-0.15, -0.1) is 0 Å². The Labute approximate surface area is 105 Å². The van der Waals surface area contributed by atoms with Gasteiger partial charge in [0, 0.05) is 25.0 Å². The molecule has 2 heterocycles. The Morgan fingerprint density at radius 1 is 1.44 bits per heavy atom. The van der Waals surface area contributed by atoms with Crippen LogP contribution in [0.2, 0.25) is 0 Å². The predicted octanol–water partition coefficient (Wildman–Crippen LogP) is 1.31. The summed E-state index contributed by atoms with van der Waals surface area (Å²) >= 11 is 0. The molecule has 0 aliphatic carbocycles. The molecule has 0 saturated heterocycles. The number of aryl methyl sites for hydroxylation is 1. The van der Waals surface area contributed by atoms with E-state index in [1.54, 1.807) is 18.5 Å². The molecule has 0 aliphatic heterocycles. The fraction of sp³-hybridized carbons (Fsp3) is 0.250. The topological polar surface area (TPSA) is 89.3 Å². The molecule has 0 fully saturated rings. The lowest BCUT2D eigenvalue weighted by Crippen LogP contribution is -2.18. The maximum atomic E-state index is 8.78. The Bertz CT molecular complexity index is 561. The van der Waals surface area contributed by atoms with Crippen molar-refractivity contribution in [1.29, 1.82) is 0 Å². The minimum atomic E-state index is -0.0123. The van der Waals surface area contributed by atoms with Gasteiger partial charge < -0.3 is 15.5 Å². The number of hydrogen-bond acceptors (Lipinski definition) is 4. The molecular weight excluding hydrogens is 230 g/mol. The summed E-state index contributed by atoms with van der Waals surface area (Å²) in [6, 6.07) is 3.67. The van der Waals surface area contributed by atoms with Gasteiger partial charge in [-0.3, -0.25) is 4.98 Å². The van der Waals surface area contributed by atoms with Crippen molar-refractivity contribution in [1.82, 2.24) is 14.5 Å². The van der Waals surface area contributed by atoms with Gasteiger partial charge in [-0.2, -0.15) is 0 Å². The lowest BCUT2D eigenvalue weighted by atomic mass is 10.2. The molecule has 2 rings (SSSR count). The fourth-order valence-electron chi connectivity index (χ4n) is 1.80. The Hall–Kier alpha value is -2.37. The quantitative estimate of drug-likeness (QED) is 0.368. The van der Waals surface area contributed by atoms with E-state index in [1.165, 1.54) is 0 Å². The van der Waals surface area contributed by atoms with Crippen molar-refractivity contribution in [2.45, 2.75) is 19.8 Å². The molecule has 0 saturated carbocycles. The maximum absolute atomic E-state index is 8.78. The number of nitrogens with zero attached hydrogens (tertiary/aromatic N) is 4. The first-order valence-electron chi connectivity index (χ1n) is 5.73. The third kappa shape index (κ3) is 2.17. The third-order valence-corrected chi connectivity index (χ3v) is 2.59. The number of imidazole rings is 1. The first kappa shape index (κ1) is 12.1. The van der Waals surface area contributed by atoms with E-state index < -0.39 is 0 Å². The molecule has 0 aliphatic rings. The van der Waals surface area contributed by atoms with Crippen LogP contribution in [0.1, 0.15) is 24.9 Å². The highest BCUT2D eigenvalue weighted by Crippen LogP contribution is 2.15. The maximum Gasteiger partial charge on any atom is 0.190 e. The number of rotatable bonds is 4. The van der Waals surface area contributed by atoms with Gasteiger partial charge in [0.2, 0.25) is 0 Å². The van der Waals surface area contributed by atoms with Crippen molar-refractivity contribution in [3.05, 3.63) is 42.2 Å². The number of oxime groups is 1. The van der Waals surface area contributed by atoms with E-state index in [9.17, 15) is 0 Å². The summed E-state index contributed by atoms with van der Waals surface area (Å²) in [5.41, 5.74) is 6.83. The van der Waals surface area contributed by atoms with Crippen LogP contribution in [0.15, 0.2) is 35.9 Å². The number of hydrogen-bond donors (Lipinski definition) is 2. The SMILES string of the molecule is CCCc1nccn1-c1cccnc1/C(N)=N/O. The Kier molecular flexibility index (Phi) is 3.57. The molecule has 0 radical (unpaired) electrons. The van der Waals surface area contributed by atoms with Gasteiger partial charge in [-0.25, -0.2) is 4.98 Å². The van der Waals surface area contributed by atoms with E-state index in [4.69, 9.17) is 10.9 Å². The second kappa shape index (κ2) is 5.31. The van der Waals surface area contributed by atoms with Crippen molar-refractivity contribution in [2.24, 2.45) is 10.9 Å². The second-order valence-electron chi connectivity index (χ2n) is 3.82. The van der Waals surface area contributed by atoms with Crippen molar-refractivity contribution in [3.63, 3.8) is 0 Å². The summed E-state index contributed by atoms with van der Waals surface area (Å²) in [5, 5.41) is 11.8. The van der Waals surface area contributed by atoms with Crippen LogP contribution in [0.25, 0.3) is 5.69 Å². The molecule has 2 aromatic heterocycles. The zero-order valence-corrected chi connectivity index (χ0v) is 10.1. The molecule has 0 atom stereocenters. The second-order valence-corrected chi connectivity index (χ2v) is 3.82. The van der Waals surface area contributed by atoms with Gasteiger partial charge in [-0.1, -0.05) is 12.1 Å². The molecule has 6 nitrogen and oxygen atoms in total. The zero-order valence-electron chi connectivity index (χ0n) is 10.1. The molecule has 0 amide bonds. The van der Waals surface area contributed by atoms with E-state index in [1.807, 2.05) is 16.8 Å². The Morgan fingerprint density at radius 2 is 2.28 bits per heavy atom. The van der Waals surface area contributed by atoms with Crippen molar-refractivity contribution in [2.75, 3.05) is 0 Å². The van der Waals surface area contributed by atoms with Gasteiger partial charge >= 0.3 is 0 Å². The summed E-state index contributed by atoms with van der Waals surface area (Å²) in [6.07, 6.45) is 7.03. The van der Waals surface area contributed by atoms with Crippen LogP contribution in [0.3, 0.4) is 0 Å². The summed E-state index contributed by atoms with van der Waals surface area (Å²) in [7, 11) is 0.